The average Bonchev–Trinajstić information content (AvgIpc) is 2.54. The van der Waals surface area contributed by atoms with Gasteiger partial charge in [-0.25, -0.2) is 4.79 Å². The van der Waals surface area contributed by atoms with Crippen molar-refractivity contribution in [1.82, 2.24) is 15.6 Å². The molecule has 22 heavy (non-hydrogen) atoms. The number of benzene rings is 1. The number of hydrogen-bond donors (Lipinski definition) is 2. The third-order valence-electron chi connectivity index (χ3n) is 3.00. The van der Waals surface area contributed by atoms with Gasteiger partial charge in [0.05, 0.1) is 12.6 Å². The molecule has 1 aromatic carbocycles. The van der Waals surface area contributed by atoms with Crippen LogP contribution in [-0.2, 0) is 0 Å². The van der Waals surface area contributed by atoms with Gasteiger partial charge in [-0.05, 0) is 42.8 Å². The zero-order valence-electron chi connectivity index (χ0n) is 12.3. The van der Waals surface area contributed by atoms with Crippen molar-refractivity contribution in [2.45, 2.75) is 13.0 Å². The van der Waals surface area contributed by atoms with Crippen molar-refractivity contribution >= 4 is 17.6 Å². The second-order valence-corrected chi connectivity index (χ2v) is 5.15. The van der Waals surface area contributed by atoms with Crippen molar-refractivity contribution in [2.24, 2.45) is 0 Å². The van der Waals surface area contributed by atoms with E-state index in [1.54, 1.807) is 36.7 Å². The molecule has 116 valence electrons. The van der Waals surface area contributed by atoms with Crippen molar-refractivity contribution in [1.29, 1.82) is 0 Å². The number of carbonyl (C=O) groups excluding carboxylic acids is 1. The van der Waals surface area contributed by atoms with Crippen LogP contribution in [0.2, 0.25) is 5.02 Å². The third-order valence-corrected chi connectivity index (χ3v) is 3.25. The Morgan fingerprint density at radius 1 is 1.32 bits per heavy atom. The van der Waals surface area contributed by atoms with Crippen LogP contribution in [0.1, 0.15) is 18.5 Å². The zero-order chi connectivity index (χ0) is 15.8. The summed E-state index contributed by atoms with van der Waals surface area (Å²) in [6, 6.07) is 10.5. The standard InChI is InChI=1S/C16H18ClN3O2/c1-12(13-3-2-8-18-11-13)20-16(21)19-9-10-22-15-6-4-14(17)5-7-15/h2-8,11-12H,9-10H2,1H3,(H2,19,20,21)/t12-/m0/s1. The van der Waals surface area contributed by atoms with E-state index in [4.69, 9.17) is 16.3 Å². The highest BCUT2D eigenvalue weighted by Gasteiger charge is 2.08. The maximum atomic E-state index is 11.8. The summed E-state index contributed by atoms with van der Waals surface area (Å²) in [5.41, 5.74) is 0.954. The van der Waals surface area contributed by atoms with Crippen LogP contribution in [0.4, 0.5) is 4.79 Å². The lowest BCUT2D eigenvalue weighted by Gasteiger charge is -2.14. The minimum absolute atomic E-state index is 0.106. The van der Waals surface area contributed by atoms with E-state index in [1.807, 2.05) is 19.1 Å². The first-order valence-corrected chi connectivity index (χ1v) is 7.35. The second kappa shape index (κ2) is 8.24. The van der Waals surface area contributed by atoms with Gasteiger partial charge in [0.2, 0.25) is 0 Å². The molecule has 6 heteroatoms. The Balaban J connectivity index is 1.66. The van der Waals surface area contributed by atoms with E-state index in [0.29, 0.717) is 18.2 Å². The van der Waals surface area contributed by atoms with Crippen LogP contribution in [0.15, 0.2) is 48.8 Å². The Morgan fingerprint density at radius 2 is 2.09 bits per heavy atom. The molecule has 1 aromatic heterocycles. The third kappa shape index (κ3) is 5.26. The molecule has 1 heterocycles. The predicted molar refractivity (Wildman–Crippen MR) is 86.1 cm³/mol. The van der Waals surface area contributed by atoms with Gasteiger partial charge >= 0.3 is 6.03 Å². The molecule has 0 saturated heterocycles. The molecule has 0 radical (unpaired) electrons. The molecular weight excluding hydrogens is 302 g/mol. The Morgan fingerprint density at radius 3 is 2.77 bits per heavy atom. The van der Waals surface area contributed by atoms with Crippen LogP contribution in [0.25, 0.3) is 0 Å². The fraction of sp³-hybridized carbons (Fsp3) is 0.250. The number of rotatable bonds is 6. The van der Waals surface area contributed by atoms with Gasteiger partial charge in [0.1, 0.15) is 12.4 Å². The van der Waals surface area contributed by atoms with Gasteiger partial charge in [-0.3, -0.25) is 4.98 Å². The average molecular weight is 320 g/mol. The van der Waals surface area contributed by atoms with Crippen LogP contribution in [0.3, 0.4) is 0 Å². The van der Waals surface area contributed by atoms with Crippen molar-refractivity contribution in [2.75, 3.05) is 13.2 Å². The summed E-state index contributed by atoms with van der Waals surface area (Å²) in [5.74, 6) is 0.718. The van der Waals surface area contributed by atoms with Gasteiger partial charge in [0.15, 0.2) is 0 Å². The number of carbonyl (C=O) groups is 1. The summed E-state index contributed by atoms with van der Waals surface area (Å²) >= 11 is 5.79. The first kappa shape index (κ1) is 16.1. The number of nitrogens with one attached hydrogen (secondary N) is 2. The molecule has 0 fully saturated rings. The quantitative estimate of drug-likeness (QED) is 0.804. The molecule has 1 atom stereocenters. The number of pyridine rings is 1. The minimum atomic E-state index is -0.240. The van der Waals surface area contributed by atoms with Crippen LogP contribution >= 0.6 is 11.6 Å². The molecule has 0 spiro atoms. The molecule has 0 saturated carbocycles. The van der Waals surface area contributed by atoms with Crippen molar-refractivity contribution in [3.63, 3.8) is 0 Å². The molecule has 5 nitrogen and oxygen atoms in total. The summed E-state index contributed by atoms with van der Waals surface area (Å²) in [7, 11) is 0. The van der Waals surface area contributed by atoms with Crippen LogP contribution in [0, 0.1) is 0 Å². The number of hydrogen-bond acceptors (Lipinski definition) is 3. The topological polar surface area (TPSA) is 63.2 Å². The number of urea groups is 1. The van der Waals surface area contributed by atoms with E-state index in [0.717, 1.165) is 11.3 Å². The van der Waals surface area contributed by atoms with E-state index in [9.17, 15) is 4.79 Å². The van der Waals surface area contributed by atoms with E-state index >= 15 is 0 Å². The van der Waals surface area contributed by atoms with E-state index in [1.165, 1.54) is 0 Å². The maximum absolute atomic E-state index is 11.8. The Bertz CT molecular complexity index is 590. The molecule has 2 rings (SSSR count). The number of aromatic nitrogens is 1. The molecule has 0 unspecified atom stereocenters. The molecular formula is C16H18ClN3O2. The summed E-state index contributed by atoms with van der Waals surface area (Å²) in [4.78, 5) is 15.8. The molecule has 0 aliphatic carbocycles. The van der Waals surface area contributed by atoms with Crippen molar-refractivity contribution < 1.29 is 9.53 Å². The first-order valence-electron chi connectivity index (χ1n) is 6.98. The number of halogens is 1. The highest BCUT2D eigenvalue weighted by atomic mass is 35.5. The Labute approximate surface area is 134 Å². The fourth-order valence-corrected chi connectivity index (χ4v) is 1.95. The Hall–Kier alpha value is -2.27. The summed E-state index contributed by atoms with van der Waals surface area (Å²) in [6.45, 7) is 2.70. The lowest BCUT2D eigenvalue weighted by atomic mass is 10.1. The maximum Gasteiger partial charge on any atom is 0.315 e. The fourth-order valence-electron chi connectivity index (χ4n) is 1.83. The molecule has 2 N–H and O–H groups in total. The van der Waals surface area contributed by atoms with Gasteiger partial charge in [-0.2, -0.15) is 0 Å². The van der Waals surface area contributed by atoms with Gasteiger partial charge in [0, 0.05) is 17.4 Å². The number of ether oxygens (including phenoxy) is 1. The zero-order valence-corrected chi connectivity index (χ0v) is 13.0. The van der Waals surface area contributed by atoms with Gasteiger partial charge in [-0.15, -0.1) is 0 Å². The lowest BCUT2D eigenvalue weighted by molar-refractivity contribution is 0.233. The molecule has 2 aromatic rings. The molecule has 2 amide bonds. The van der Waals surface area contributed by atoms with Crippen LogP contribution in [-0.4, -0.2) is 24.2 Å². The van der Waals surface area contributed by atoms with Gasteiger partial charge in [0.25, 0.3) is 0 Å². The van der Waals surface area contributed by atoms with Crippen LogP contribution < -0.4 is 15.4 Å². The number of nitrogens with zero attached hydrogens (tertiary/aromatic N) is 1. The van der Waals surface area contributed by atoms with Gasteiger partial charge in [-0.1, -0.05) is 17.7 Å². The van der Waals surface area contributed by atoms with E-state index < -0.39 is 0 Å². The minimum Gasteiger partial charge on any atom is -0.492 e. The first-order chi connectivity index (χ1) is 10.6. The SMILES string of the molecule is C[C@H](NC(=O)NCCOc1ccc(Cl)cc1)c1cccnc1. The second-order valence-electron chi connectivity index (χ2n) is 4.71. The molecule has 0 aliphatic heterocycles. The predicted octanol–water partition coefficient (Wildman–Crippen LogP) is 3.17. The largest absolute Gasteiger partial charge is 0.492 e. The summed E-state index contributed by atoms with van der Waals surface area (Å²) < 4.78 is 5.49. The van der Waals surface area contributed by atoms with E-state index in [-0.39, 0.29) is 12.1 Å². The monoisotopic (exact) mass is 319 g/mol. The summed E-state index contributed by atoms with van der Waals surface area (Å²) in [6.07, 6.45) is 3.43. The van der Waals surface area contributed by atoms with Crippen LogP contribution in [0.5, 0.6) is 5.75 Å². The van der Waals surface area contributed by atoms with Gasteiger partial charge < -0.3 is 15.4 Å². The van der Waals surface area contributed by atoms with E-state index in [2.05, 4.69) is 15.6 Å². The lowest BCUT2D eigenvalue weighted by Crippen LogP contribution is -2.39. The number of amides is 2. The highest BCUT2D eigenvalue weighted by Crippen LogP contribution is 2.15. The van der Waals surface area contributed by atoms with Crippen molar-refractivity contribution in [3.05, 3.63) is 59.4 Å². The Kier molecular flexibility index (Phi) is 6.03. The summed E-state index contributed by atoms with van der Waals surface area (Å²) in [5, 5.41) is 6.24. The highest BCUT2D eigenvalue weighted by molar-refractivity contribution is 6.30. The molecule has 0 bridgehead atoms. The smallest absolute Gasteiger partial charge is 0.315 e. The van der Waals surface area contributed by atoms with Crippen molar-refractivity contribution in [3.8, 4) is 5.75 Å². The normalized spacial score (nSPS) is 11.5. The molecule has 0 aliphatic rings.